The van der Waals surface area contributed by atoms with Crippen LogP contribution in [0.2, 0.25) is 0 Å². The Morgan fingerprint density at radius 3 is 3.00 bits per heavy atom. The van der Waals surface area contributed by atoms with Crippen LogP contribution < -0.4 is 5.32 Å². The first kappa shape index (κ1) is 11.6. The minimum absolute atomic E-state index is 0.249. The third-order valence-corrected chi connectivity index (χ3v) is 2.69. The summed E-state index contributed by atoms with van der Waals surface area (Å²) < 4.78 is 11.3. The maximum absolute atomic E-state index is 5.66. The van der Waals surface area contributed by atoms with Crippen LogP contribution in [0.3, 0.4) is 0 Å². The zero-order valence-corrected chi connectivity index (χ0v) is 9.52. The smallest absolute Gasteiger partial charge is 0.0821 e. The number of hydrogen-bond acceptors (Lipinski definition) is 3. The SMILES string of the molecule is c1ccc(COC[C@@H]2CCNCCO2)cc1. The maximum atomic E-state index is 5.66. The standard InChI is InChI=1S/C13H19NO2/c1-2-4-12(5-3-1)10-15-11-13-6-7-14-8-9-16-13/h1-5,13-14H,6-11H2/t13-/m0/s1. The summed E-state index contributed by atoms with van der Waals surface area (Å²) in [5, 5.41) is 3.30. The molecule has 1 N–H and O–H groups in total. The monoisotopic (exact) mass is 221 g/mol. The molecule has 0 amide bonds. The maximum Gasteiger partial charge on any atom is 0.0821 e. The second kappa shape index (κ2) is 6.63. The molecule has 1 aromatic rings. The van der Waals surface area contributed by atoms with E-state index in [1.807, 2.05) is 18.2 Å². The first-order valence-corrected chi connectivity index (χ1v) is 5.89. The molecule has 1 aliphatic rings. The lowest BCUT2D eigenvalue weighted by Crippen LogP contribution is -2.20. The van der Waals surface area contributed by atoms with E-state index in [0.717, 1.165) is 26.1 Å². The van der Waals surface area contributed by atoms with E-state index in [0.29, 0.717) is 13.2 Å². The van der Waals surface area contributed by atoms with Gasteiger partial charge < -0.3 is 14.8 Å². The van der Waals surface area contributed by atoms with Gasteiger partial charge in [-0.25, -0.2) is 0 Å². The van der Waals surface area contributed by atoms with Gasteiger partial charge in [0.05, 0.1) is 25.9 Å². The number of ether oxygens (including phenoxy) is 2. The third-order valence-electron chi connectivity index (χ3n) is 2.69. The molecule has 1 aliphatic heterocycles. The highest BCUT2D eigenvalue weighted by molar-refractivity contribution is 5.13. The Balaban J connectivity index is 1.67. The van der Waals surface area contributed by atoms with Crippen LogP contribution in [-0.4, -0.2) is 32.4 Å². The summed E-state index contributed by atoms with van der Waals surface area (Å²) in [6.07, 6.45) is 1.29. The lowest BCUT2D eigenvalue weighted by molar-refractivity contribution is -0.0154. The molecule has 1 aromatic carbocycles. The molecule has 2 rings (SSSR count). The highest BCUT2D eigenvalue weighted by atomic mass is 16.5. The molecule has 1 saturated heterocycles. The predicted octanol–water partition coefficient (Wildman–Crippen LogP) is 1.58. The molecule has 0 aliphatic carbocycles. The van der Waals surface area contributed by atoms with Gasteiger partial charge in [-0.05, 0) is 18.5 Å². The second-order valence-corrected chi connectivity index (χ2v) is 4.03. The number of hydrogen-bond donors (Lipinski definition) is 1. The Kier molecular flexibility index (Phi) is 4.80. The van der Waals surface area contributed by atoms with Gasteiger partial charge in [0.25, 0.3) is 0 Å². The molecule has 3 heteroatoms. The summed E-state index contributed by atoms with van der Waals surface area (Å²) >= 11 is 0. The summed E-state index contributed by atoms with van der Waals surface area (Å²) in [4.78, 5) is 0. The average molecular weight is 221 g/mol. The molecule has 88 valence electrons. The lowest BCUT2D eigenvalue weighted by Gasteiger charge is -2.14. The Bertz CT molecular complexity index is 281. The van der Waals surface area contributed by atoms with E-state index in [-0.39, 0.29) is 6.10 Å². The Morgan fingerprint density at radius 2 is 2.12 bits per heavy atom. The first-order chi connectivity index (χ1) is 7.95. The van der Waals surface area contributed by atoms with Crippen molar-refractivity contribution in [2.45, 2.75) is 19.1 Å². The fourth-order valence-corrected chi connectivity index (χ4v) is 1.78. The number of nitrogens with one attached hydrogen (secondary N) is 1. The van der Waals surface area contributed by atoms with Crippen LogP contribution in [-0.2, 0) is 16.1 Å². The van der Waals surface area contributed by atoms with Crippen molar-refractivity contribution in [3.05, 3.63) is 35.9 Å². The summed E-state index contributed by atoms with van der Waals surface area (Å²) in [5.41, 5.74) is 1.22. The van der Waals surface area contributed by atoms with Crippen molar-refractivity contribution in [2.75, 3.05) is 26.3 Å². The molecule has 0 spiro atoms. The quantitative estimate of drug-likeness (QED) is 0.837. The minimum Gasteiger partial charge on any atom is -0.374 e. The molecule has 1 fully saturated rings. The zero-order valence-electron chi connectivity index (χ0n) is 9.52. The predicted molar refractivity (Wildman–Crippen MR) is 63.3 cm³/mol. The van der Waals surface area contributed by atoms with Gasteiger partial charge in [0.2, 0.25) is 0 Å². The van der Waals surface area contributed by atoms with Crippen LogP contribution in [0.25, 0.3) is 0 Å². The molecule has 0 radical (unpaired) electrons. The fraction of sp³-hybridized carbons (Fsp3) is 0.538. The van der Waals surface area contributed by atoms with Gasteiger partial charge >= 0.3 is 0 Å². The first-order valence-electron chi connectivity index (χ1n) is 5.89. The van der Waals surface area contributed by atoms with Gasteiger partial charge in [-0.1, -0.05) is 30.3 Å². The van der Waals surface area contributed by atoms with Gasteiger partial charge in [-0.2, -0.15) is 0 Å². The van der Waals surface area contributed by atoms with Crippen molar-refractivity contribution in [3.8, 4) is 0 Å². The summed E-state index contributed by atoms with van der Waals surface area (Å²) in [6.45, 7) is 4.14. The largest absolute Gasteiger partial charge is 0.374 e. The van der Waals surface area contributed by atoms with Crippen LogP contribution in [0.1, 0.15) is 12.0 Å². The van der Waals surface area contributed by atoms with E-state index in [2.05, 4.69) is 17.4 Å². The van der Waals surface area contributed by atoms with Crippen LogP contribution in [0.4, 0.5) is 0 Å². The molecule has 0 saturated carbocycles. The van der Waals surface area contributed by atoms with Crippen LogP contribution in [0.5, 0.6) is 0 Å². The van der Waals surface area contributed by atoms with Gasteiger partial charge in [-0.15, -0.1) is 0 Å². The van der Waals surface area contributed by atoms with E-state index in [9.17, 15) is 0 Å². The van der Waals surface area contributed by atoms with E-state index < -0.39 is 0 Å². The Hall–Kier alpha value is -0.900. The Labute approximate surface area is 96.8 Å². The van der Waals surface area contributed by atoms with E-state index in [4.69, 9.17) is 9.47 Å². The topological polar surface area (TPSA) is 30.5 Å². The van der Waals surface area contributed by atoms with Gasteiger partial charge in [0, 0.05) is 6.54 Å². The van der Waals surface area contributed by atoms with Crippen molar-refractivity contribution >= 4 is 0 Å². The van der Waals surface area contributed by atoms with E-state index >= 15 is 0 Å². The van der Waals surface area contributed by atoms with Crippen molar-refractivity contribution in [2.24, 2.45) is 0 Å². The molecule has 0 unspecified atom stereocenters. The lowest BCUT2D eigenvalue weighted by atomic mass is 10.2. The summed E-state index contributed by atoms with van der Waals surface area (Å²) in [5.74, 6) is 0. The average Bonchev–Trinajstić information content (AvgIpc) is 2.59. The van der Waals surface area contributed by atoms with E-state index in [1.54, 1.807) is 0 Å². The second-order valence-electron chi connectivity index (χ2n) is 4.03. The van der Waals surface area contributed by atoms with Crippen molar-refractivity contribution < 1.29 is 9.47 Å². The van der Waals surface area contributed by atoms with Crippen molar-refractivity contribution in [1.29, 1.82) is 0 Å². The van der Waals surface area contributed by atoms with Crippen LogP contribution in [0.15, 0.2) is 30.3 Å². The van der Waals surface area contributed by atoms with Crippen molar-refractivity contribution in [1.82, 2.24) is 5.32 Å². The van der Waals surface area contributed by atoms with E-state index in [1.165, 1.54) is 5.56 Å². The van der Waals surface area contributed by atoms with Crippen molar-refractivity contribution in [3.63, 3.8) is 0 Å². The highest BCUT2D eigenvalue weighted by Gasteiger charge is 2.11. The van der Waals surface area contributed by atoms with Crippen LogP contribution >= 0.6 is 0 Å². The normalized spacial score (nSPS) is 21.6. The molecule has 1 heterocycles. The van der Waals surface area contributed by atoms with Crippen LogP contribution in [0, 0.1) is 0 Å². The zero-order chi connectivity index (χ0) is 11.1. The fourth-order valence-electron chi connectivity index (χ4n) is 1.78. The van der Waals surface area contributed by atoms with Gasteiger partial charge in [0.1, 0.15) is 0 Å². The number of benzene rings is 1. The minimum atomic E-state index is 0.249. The molecule has 3 nitrogen and oxygen atoms in total. The molecule has 1 atom stereocenters. The number of rotatable bonds is 4. The Morgan fingerprint density at radius 1 is 1.25 bits per heavy atom. The van der Waals surface area contributed by atoms with Gasteiger partial charge in [0.15, 0.2) is 0 Å². The summed E-state index contributed by atoms with van der Waals surface area (Å²) in [6, 6.07) is 10.2. The molecule has 0 aromatic heterocycles. The highest BCUT2D eigenvalue weighted by Crippen LogP contribution is 2.05. The molecular formula is C13H19NO2. The molecular weight excluding hydrogens is 202 g/mol. The molecule has 16 heavy (non-hydrogen) atoms. The molecule has 0 bridgehead atoms. The van der Waals surface area contributed by atoms with Gasteiger partial charge in [-0.3, -0.25) is 0 Å². The summed E-state index contributed by atoms with van der Waals surface area (Å²) in [7, 11) is 0. The third kappa shape index (κ3) is 3.93.